The molecule has 8 heteroatoms. The van der Waals surface area contributed by atoms with E-state index >= 15 is 0 Å². The van der Waals surface area contributed by atoms with E-state index in [0.717, 1.165) is 19.5 Å². The molecule has 0 spiro atoms. The number of halogens is 1. The standard InChI is InChI=1S/C26H31FN4O3/c1-17(2)14-25(33)31-22-9-6-19(26(34)30-12-3-10-28-11-13-30)15-21(22)29-24(32)16-23(31)18-4-7-20(27)8-5-18/h4-9,15,17,23,28H,3,10-14,16H2,1-2H3,(H,29,32). The molecule has 0 aromatic heterocycles. The highest BCUT2D eigenvalue weighted by Gasteiger charge is 2.34. The summed E-state index contributed by atoms with van der Waals surface area (Å²) < 4.78 is 13.6. The first-order chi connectivity index (χ1) is 16.3. The first-order valence-electron chi connectivity index (χ1n) is 11.8. The summed E-state index contributed by atoms with van der Waals surface area (Å²) in [5.41, 5.74) is 2.13. The van der Waals surface area contributed by atoms with E-state index in [-0.39, 0.29) is 35.9 Å². The number of fused-ring (bicyclic) bond motifs is 1. The molecule has 0 radical (unpaired) electrons. The van der Waals surface area contributed by atoms with Crippen LogP contribution >= 0.6 is 0 Å². The van der Waals surface area contributed by atoms with Gasteiger partial charge in [0.1, 0.15) is 5.82 Å². The van der Waals surface area contributed by atoms with Gasteiger partial charge in [-0.3, -0.25) is 14.4 Å². The quantitative estimate of drug-likeness (QED) is 0.720. The Kier molecular flexibility index (Phi) is 7.26. The molecule has 2 aliphatic heterocycles. The van der Waals surface area contributed by atoms with Gasteiger partial charge >= 0.3 is 0 Å². The van der Waals surface area contributed by atoms with Gasteiger partial charge in [-0.2, -0.15) is 0 Å². The molecule has 2 N–H and O–H groups in total. The fourth-order valence-corrected chi connectivity index (χ4v) is 4.55. The first kappa shape index (κ1) is 23.9. The van der Waals surface area contributed by atoms with Gasteiger partial charge < -0.3 is 20.4 Å². The van der Waals surface area contributed by atoms with Gasteiger partial charge in [-0.25, -0.2) is 4.39 Å². The molecule has 0 saturated carbocycles. The molecule has 2 aliphatic rings. The van der Waals surface area contributed by atoms with Crippen LogP contribution in [0.1, 0.15) is 55.1 Å². The monoisotopic (exact) mass is 466 g/mol. The maximum Gasteiger partial charge on any atom is 0.253 e. The van der Waals surface area contributed by atoms with Crippen LogP contribution in [-0.2, 0) is 9.59 Å². The lowest BCUT2D eigenvalue weighted by atomic mass is 9.99. The minimum absolute atomic E-state index is 0.0330. The highest BCUT2D eigenvalue weighted by Crippen LogP contribution is 2.39. The number of nitrogens with one attached hydrogen (secondary N) is 2. The predicted octanol–water partition coefficient (Wildman–Crippen LogP) is 3.72. The van der Waals surface area contributed by atoms with Crippen LogP contribution in [0.25, 0.3) is 0 Å². The Morgan fingerprint density at radius 1 is 1.09 bits per heavy atom. The van der Waals surface area contributed by atoms with E-state index in [1.54, 1.807) is 35.2 Å². The van der Waals surface area contributed by atoms with Crippen LogP contribution in [0.2, 0.25) is 0 Å². The largest absolute Gasteiger partial charge is 0.337 e. The first-order valence-corrected chi connectivity index (χ1v) is 11.8. The summed E-state index contributed by atoms with van der Waals surface area (Å²) in [5.74, 6) is -0.748. The van der Waals surface area contributed by atoms with E-state index in [9.17, 15) is 18.8 Å². The van der Waals surface area contributed by atoms with Crippen molar-refractivity contribution in [3.8, 4) is 0 Å². The van der Waals surface area contributed by atoms with E-state index in [0.29, 0.717) is 42.0 Å². The van der Waals surface area contributed by atoms with Gasteiger partial charge in [0, 0.05) is 31.6 Å². The molecule has 1 atom stereocenters. The molecule has 0 aliphatic carbocycles. The normalized spacial score (nSPS) is 18.7. The molecule has 7 nitrogen and oxygen atoms in total. The van der Waals surface area contributed by atoms with Crippen LogP contribution in [0.3, 0.4) is 0 Å². The molecule has 2 aromatic rings. The van der Waals surface area contributed by atoms with E-state index in [4.69, 9.17) is 0 Å². The molecule has 0 bridgehead atoms. The van der Waals surface area contributed by atoms with Crippen molar-refractivity contribution in [2.24, 2.45) is 5.92 Å². The van der Waals surface area contributed by atoms with Gasteiger partial charge in [-0.15, -0.1) is 0 Å². The highest BCUT2D eigenvalue weighted by molar-refractivity contribution is 6.06. The molecule has 2 heterocycles. The smallest absolute Gasteiger partial charge is 0.253 e. The molecule has 34 heavy (non-hydrogen) atoms. The maximum atomic E-state index is 13.6. The summed E-state index contributed by atoms with van der Waals surface area (Å²) in [6.45, 7) is 6.83. The Morgan fingerprint density at radius 2 is 1.85 bits per heavy atom. The van der Waals surface area contributed by atoms with Crippen LogP contribution in [0.15, 0.2) is 42.5 Å². The molecular formula is C26H31FN4O3. The zero-order chi connectivity index (χ0) is 24.2. The summed E-state index contributed by atoms with van der Waals surface area (Å²) in [6, 6.07) is 10.4. The Bertz CT molecular complexity index is 1060. The zero-order valence-corrected chi connectivity index (χ0v) is 19.6. The van der Waals surface area contributed by atoms with Gasteiger partial charge in [0.2, 0.25) is 11.8 Å². The lowest BCUT2D eigenvalue weighted by molar-refractivity contribution is -0.120. The average Bonchev–Trinajstić information content (AvgIpc) is 3.15. The second-order valence-corrected chi connectivity index (χ2v) is 9.31. The van der Waals surface area contributed by atoms with Crippen LogP contribution < -0.4 is 15.5 Å². The Morgan fingerprint density at radius 3 is 2.59 bits per heavy atom. The van der Waals surface area contributed by atoms with E-state index in [1.807, 2.05) is 18.7 Å². The number of rotatable bonds is 4. The maximum absolute atomic E-state index is 13.6. The van der Waals surface area contributed by atoms with Crippen LogP contribution in [0, 0.1) is 11.7 Å². The van der Waals surface area contributed by atoms with E-state index in [2.05, 4.69) is 10.6 Å². The van der Waals surface area contributed by atoms with Crippen molar-refractivity contribution in [3.05, 3.63) is 59.4 Å². The summed E-state index contributed by atoms with van der Waals surface area (Å²) in [7, 11) is 0. The molecule has 1 unspecified atom stereocenters. The number of nitrogens with zero attached hydrogens (tertiary/aromatic N) is 2. The van der Waals surface area contributed by atoms with Crippen LogP contribution in [-0.4, -0.2) is 48.8 Å². The molecule has 3 amide bonds. The van der Waals surface area contributed by atoms with Gasteiger partial charge in [0.05, 0.1) is 23.8 Å². The average molecular weight is 467 g/mol. The lowest BCUT2D eigenvalue weighted by Gasteiger charge is -2.31. The molecule has 1 saturated heterocycles. The molecule has 4 rings (SSSR count). The summed E-state index contributed by atoms with van der Waals surface area (Å²) in [4.78, 5) is 42.9. The minimum atomic E-state index is -0.577. The zero-order valence-electron chi connectivity index (χ0n) is 19.6. The number of anilines is 2. The number of amides is 3. The van der Waals surface area contributed by atoms with Crippen molar-refractivity contribution in [3.63, 3.8) is 0 Å². The fraction of sp³-hybridized carbons (Fsp3) is 0.423. The second-order valence-electron chi connectivity index (χ2n) is 9.31. The van der Waals surface area contributed by atoms with Crippen molar-refractivity contribution in [1.29, 1.82) is 0 Å². The highest BCUT2D eigenvalue weighted by atomic mass is 19.1. The third-order valence-corrected chi connectivity index (χ3v) is 6.20. The van der Waals surface area contributed by atoms with Crippen molar-refractivity contribution in [1.82, 2.24) is 10.2 Å². The number of hydrogen-bond donors (Lipinski definition) is 2. The Labute approximate surface area is 199 Å². The SMILES string of the molecule is CC(C)CC(=O)N1c2ccc(C(=O)N3CCCNCC3)cc2NC(=O)CC1c1ccc(F)cc1. The van der Waals surface area contributed by atoms with Crippen molar-refractivity contribution < 1.29 is 18.8 Å². The number of benzene rings is 2. The van der Waals surface area contributed by atoms with Gasteiger partial charge in [-0.1, -0.05) is 26.0 Å². The third-order valence-electron chi connectivity index (χ3n) is 6.20. The van der Waals surface area contributed by atoms with Gasteiger partial charge in [-0.05, 0) is 54.8 Å². The molecule has 2 aromatic carbocycles. The van der Waals surface area contributed by atoms with Crippen molar-refractivity contribution in [2.45, 2.75) is 39.2 Å². The third kappa shape index (κ3) is 5.28. The molecular weight excluding hydrogens is 435 g/mol. The van der Waals surface area contributed by atoms with E-state index in [1.165, 1.54) is 12.1 Å². The predicted molar refractivity (Wildman–Crippen MR) is 129 cm³/mol. The minimum Gasteiger partial charge on any atom is -0.337 e. The summed E-state index contributed by atoms with van der Waals surface area (Å²) >= 11 is 0. The molecule has 1 fully saturated rings. The number of hydrogen-bond acceptors (Lipinski definition) is 4. The number of carbonyl (C=O) groups excluding carboxylic acids is 3. The van der Waals surface area contributed by atoms with Gasteiger partial charge in [0.25, 0.3) is 5.91 Å². The Balaban J connectivity index is 1.74. The topological polar surface area (TPSA) is 81.8 Å². The van der Waals surface area contributed by atoms with Crippen molar-refractivity contribution in [2.75, 3.05) is 36.4 Å². The lowest BCUT2D eigenvalue weighted by Crippen LogP contribution is -2.36. The van der Waals surface area contributed by atoms with Crippen molar-refractivity contribution >= 4 is 29.1 Å². The molecule has 180 valence electrons. The van der Waals surface area contributed by atoms with Crippen LogP contribution in [0.5, 0.6) is 0 Å². The summed E-state index contributed by atoms with van der Waals surface area (Å²) in [6.07, 6.45) is 1.21. The summed E-state index contributed by atoms with van der Waals surface area (Å²) in [5, 5.41) is 6.18. The fourth-order valence-electron chi connectivity index (χ4n) is 4.55. The Hall–Kier alpha value is -3.26. The van der Waals surface area contributed by atoms with E-state index < -0.39 is 6.04 Å². The number of carbonyl (C=O) groups is 3. The van der Waals surface area contributed by atoms with Gasteiger partial charge in [0.15, 0.2) is 0 Å². The second kappa shape index (κ2) is 10.3. The van der Waals surface area contributed by atoms with Crippen LogP contribution in [0.4, 0.5) is 15.8 Å².